The summed E-state index contributed by atoms with van der Waals surface area (Å²) in [5.74, 6) is 1.85. The predicted octanol–water partition coefficient (Wildman–Crippen LogP) is 5.46. The van der Waals surface area contributed by atoms with Crippen molar-refractivity contribution in [2.75, 3.05) is 44.7 Å². The van der Waals surface area contributed by atoms with E-state index >= 15 is 0 Å². The Bertz CT molecular complexity index is 1380. The van der Waals surface area contributed by atoms with Crippen molar-refractivity contribution < 1.29 is 14.6 Å². The number of carboxylic acid groups (broad SMARTS) is 1. The van der Waals surface area contributed by atoms with Crippen LogP contribution in [-0.2, 0) is 11.3 Å². The van der Waals surface area contributed by atoms with Crippen molar-refractivity contribution in [2.45, 2.75) is 38.3 Å². The molecule has 0 spiro atoms. The Kier molecular flexibility index (Phi) is 8.30. The second-order valence-corrected chi connectivity index (χ2v) is 12.4. The maximum Gasteiger partial charge on any atom is 0.303 e. The number of aliphatic carboxylic acids is 1. The molecule has 2 atom stereocenters. The molecule has 0 saturated carbocycles. The number of aromatic nitrogens is 3. The Morgan fingerprint density at radius 3 is 2.41 bits per heavy atom. The molecule has 1 aromatic carbocycles. The van der Waals surface area contributed by atoms with Crippen molar-refractivity contribution >= 4 is 35.1 Å². The first-order valence-corrected chi connectivity index (χ1v) is 14.9. The van der Waals surface area contributed by atoms with E-state index in [0.717, 1.165) is 62.6 Å². The lowest BCUT2D eigenvalue weighted by molar-refractivity contribution is -0.138. The molecule has 0 radical (unpaired) electrons. The maximum absolute atomic E-state index is 11.1. The second kappa shape index (κ2) is 12.1. The molecule has 2 aromatic heterocycles. The van der Waals surface area contributed by atoms with Crippen molar-refractivity contribution in [1.82, 2.24) is 24.8 Å². The molecule has 3 saturated heterocycles. The topological polar surface area (TPSA) is 94.9 Å². The average molecular weight is 598 g/mol. The maximum atomic E-state index is 11.1. The predicted molar refractivity (Wildman–Crippen MR) is 159 cm³/mol. The number of rotatable bonds is 8. The van der Waals surface area contributed by atoms with Crippen LogP contribution in [0.3, 0.4) is 0 Å². The van der Waals surface area contributed by atoms with Crippen molar-refractivity contribution in [3.63, 3.8) is 0 Å². The van der Waals surface area contributed by atoms with E-state index in [2.05, 4.69) is 31.7 Å². The zero-order valence-corrected chi connectivity index (χ0v) is 24.6. The van der Waals surface area contributed by atoms with Gasteiger partial charge in [0.15, 0.2) is 5.75 Å². The van der Waals surface area contributed by atoms with Crippen LogP contribution in [0.5, 0.6) is 11.6 Å². The van der Waals surface area contributed by atoms with Crippen LogP contribution in [0.2, 0.25) is 10.0 Å². The van der Waals surface area contributed by atoms with Crippen LogP contribution in [-0.4, -0.2) is 81.6 Å². The van der Waals surface area contributed by atoms with Gasteiger partial charge >= 0.3 is 5.97 Å². The van der Waals surface area contributed by atoms with Crippen molar-refractivity contribution in [3.05, 3.63) is 58.3 Å². The number of likely N-dealkylation sites (tertiary alicyclic amines) is 2. The number of fused-ring (bicyclic) bond motifs is 1. The minimum atomic E-state index is -0.725. The number of ether oxygens (including phenoxy) is 1. The van der Waals surface area contributed by atoms with Crippen molar-refractivity contribution in [1.29, 1.82) is 0 Å². The summed E-state index contributed by atoms with van der Waals surface area (Å²) in [7, 11) is 2.19. The van der Waals surface area contributed by atoms with Gasteiger partial charge in [-0.3, -0.25) is 9.69 Å². The minimum Gasteiger partial charge on any atom is -0.481 e. The Morgan fingerprint density at radius 2 is 1.73 bits per heavy atom. The molecule has 0 unspecified atom stereocenters. The van der Waals surface area contributed by atoms with Crippen LogP contribution in [0, 0.1) is 11.8 Å². The number of carbonyl (C=O) groups is 1. The molecule has 3 aromatic rings. The molecule has 1 N–H and O–H groups in total. The van der Waals surface area contributed by atoms with Crippen LogP contribution in [0.15, 0.2) is 42.7 Å². The number of pyridine rings is 1. The number of carboxylic acids is 1. The summed E-state index contributed by atoms with van der Waals surface area (Å²) in [6.07, 6.45) is 6.61. The number of benzene rings is 1. The van der Waals surface area contributed by atoms with Gasteiger partial charge in [0, 0.05) is 53.8 Å². The van der Waals surface area contributed by atoms with E-state index in [1.807, 2.05) is 24.3 Å². The van der Waals surface area contributed by atoms with E-state index in [4.69, 9.17) is 38.0 Å². The number of hydrogen-bond acceptors (Lipinski definition) is 8. The quantitative estimate of drug-likeness (QED) is 0.363. The van der Waals surface area contributed by atoms with Gasteiger partial charge in [0.05, 0.1) is 18.1 Å². The van der Waals surface area contributed by atoms with Crippen LogP contribution in [0.4, 0.5) is 5.95 Å². The lowest BCUT2D eigenvalue weighted by atomic mass is 9.93. The molecule has 5 heterocycles. The van der Waals surface area contributed by atoms with Gasteiger partial charge in [-0.05, 0) is 87.6 Å². The van der Waals surface area contributed by atoms with Gasteiger partial charge in [0.25, 0.3) is 0 Å². The molecular weight excluding hydrogens is 563 g/mol. The number of hydrogen-bond donors (Lipinski definition) is 1. The van der Waals surface area contributed by atoms with E-state index in [-0.39, 0.29) is 12.3 Å². The number of nitrogens with zero attached hydrogens (tertiary/aromatic N) is 6. The van der Waals surface area contributed by atoms with E-state index in [9.17, 15) is 4.79 Å². The van der Waals surface area contributed by atoms with Gasteiger partial charge in [-0.25, -0.2) is 15.0 Å². The summed E-state index contributed by atoms with van der Waals surface area (Å²) in [5.41, 5.74) is 2.53. The fourth-order valence-electron chi connectivity index (χ4n) is 6.39. The third-order valence-electron chi connectivity index (χ3n) is 8.54. The standard InChI is InChI=1S/C30H34Cl2N6O3/c1-36-5-4-21-17-38(18-27(21)36)30-33-14-25(15-34-30)41-28-9-20(16-37-6-2-19(3-7-37)10-29(39)40)8-26(35-28)22-11-23(31)13-24(32)12-22/h8-9,11-15,19,21,27H,2-7,10,16-18H2,1H3,(H,39,40)/t21-,27+/m0/s1. The first kappa shape index (κ1) is 28.2. The van der Waals surface area contributed by atoms with Crippen molar-refractivity contribution in [2.24, 2.45) is 11.8 Å². The summed E-state index contributed by atoms with van der Waals surface area (Å²) in [5, 5.41) is 10.2. The molecule has 0 amide bonds. The van der Waals surface area contributed by atoms with Gasteiger partial charge in [-0.2, -0.15) is 0 Å². The summed E-state index contributed by atoms with van der Waals surface area (Å²) in [4.78, 5) is 32.2. The molecule has 216 valence electrons. The number of piperidine rings is 1. The van der Waals surface area contributed by atoms with E-state index in [0.29, 0.717) is 45.9 Å². The van der Waals surface area contributed by atoms with Crippen molar-refractivity contribution in [3.8, 4) is 22.9 Å². The first-order chi connectivity index (χ1) is 19.8. The van der Waals surface area contributed by atoms with Gasteiger partial charge in [-0.1, -0.05) is 23.2 Å². The largest absolute Gasteiger partial charge is 0.481 e. The SMILES string of the molecule is CN1CC[C@H]2CN(c3ncc(Oc4cc(CN5CCC(CC(=O)O)CC5)cc(-c5cc(Cl)cc(Cl)c5)n4)cn3)C[C@H]21. The molecule has 41 heavy (non-hydrogen) atoms. The fourth-order valence-corrected chi connectivity index (χ4v) is 6.91. The highest BCUT2D eigenvalue weighted by atomic mass is 35.5. The van der Waals surface area contributed by atoms with Gasteiger partial charge in [-0.15, -0.1) is 0 Å². The number of likely N-dealkylation sites (N-methyl/N-ethyl adjacent to an activating group) is 1. The molecule has 3 aliphatic heterocycles. The van der Waals surface area contributed by atoms with Gasteiger partial charge < -0.3 is 19.6 Å². The summed E-state index contributed by atoms with van der Waals surface area (Å²) in [6.45, 7) is 5.48. The Balaban J connectivity index is 1.20. The van der Waals surface area contributed by atoms with Crippen LogP contribution in [0.25, 0.3) is 11.3 Å². The first-order valence-electron chi connectivity index (χ1n) is 14.2. The fraction of sp³-hybridized carbons (Fsp3) is 0.467. The molecular formula is C30H34Cl2N6O3. The highest BCUT2D eigenvalue weighted by Gasteiger charge is 2.40. The average Bonchev–Trinajstić information content (AvgIpc) is 3.51. The summed E-state index contributed by atoms with van der Waals surface area (Å²) in [6, 6.07) is 9.90. The lowest BCUT2D eigenvalue weighted by Crippen LogP contribution is -2.33. The normalized spacial score (nSPS) is 21.8. The second-order valence-electron chi connectivity index (χ2n) is 11.5. The van der Waals surface area contributed by atoms with E-state index < -0.39 is 5.97 Å². The highest BCUT2D eigenvalue weighted by Crippen LogP contribution is 2.33. The summed E-state index contributed by atoms with van der Waals surface area (Å²) < 4.78 is 6.19. The molecule has 11 heteroatoms. The van der Waals surface area contributed by atoms with Crippen LogP contribution >= 0.6 is 23.2 Å². The molecule has 0 aliphatic carbocycles. The summed E-state index contributed by atoms with van der Waals surface area (Å²) >= 11 is 12.6. The number of anilines is 1. The molecule has 0 bridgehead atoms. The third-order valence-corrected chi connectivity index (χ3v) is 8.98. The number of halogens is 2. The molecule has 6 rings (SSSR count). The monoisotopic (exact) mass is 596 g/mol. The van der Waals surface area contributed by atoms with Crippen LogP contribution < -0.4 is 9.64 Å². The molecule has 3 fully saturated rings. The van der Waals surface area contributed by atoms with E-state index in [1.165, 1.54) is 6.42 Å². The highest BCUT2D eigenvalue weighted by molar-refractivity contribution is 6.35. The third kappa shape index (κ3) is 6.75. The Morgan fingerprint density at radius 1 is 1.00 bits per heavy atom. The Labute approximate surface area is 250 Å². The molecule has 3 aliphatic rings. The zero-order valence-electron chi connectivity index (χ0n) is 23.0. The van der Waals surface area contributed by atoms with Gasteiger partial charge in [0.2, 0.25) is 11.8 Å². The zero-order chi connectivity index (χ0) is 28.5. The van der Waals surface area contributed by atoms with Gasteiger partial charge in [0.1, 0.15) is 0 Å². The molecule has 9 nitrogen and oxygen atoms in total. The smallest absolute Gasteiger partial charge is 0.303 e. The Hall–Kier alpha value is -2.98. The minimum absolute atomic E-state index is 0.230. The van der Waals surface area contributed by atoms with Crippen LogP contribution in [0.1, 0.15) is 31.2 Å². The lowest BCUT2D eigenvalue weighted by Gasteiger charge is -2.31. The van der Waals surface area contributed by atoms with E-state index in [1.54, 1.807) is 18.5 Å².